The van der Waals surface area contributed by atoms with Crippen molar-refractivity contribution in [2.24, 2.45) is 10.7 Å². The monoisotopic (exact) mass is 494 g/mol. The number of hydrogen-bond acceptors (Lipinski definition) is 2. The van der Waals surface area contributed by atoms with Crippen molar-refractivity contribution >= 4 is 47.2 Å². The Morgan fingerprint density at radius 3 is 2.43 bits per heavy atom. The molecule has 0 aromatic heterocycles. The van der Waals surface area contributed by atoms with Crippen LogP contribution in [0.15, 0.2) is 53.5 Å². The van der Waals surface area contributed by atoms with Gasteiger partial charge in [0.05, 0.1) is 6.54 Å². The van der Waals surface area contributed by atoms with Gasteiger partial charge in [0.25, 0.3) is 0 Å². The molecule has 1 atom stereocenters. The fourth-order valence-electron chi connectivity index (χ4n) is 2.69. The summed E-state index contributed by atoms with van der Waals surface area (Å²) in [5.74, 6) is 0.946. The first-order valence-electron chi connectivity index (χ1n) is 9.57. The molecule has 0 fully saturated rings. The molecule has 0 saturated heterocycles. The zero-order valence-electron chi connectivity index (χ0n) is 16.9. The lowest BCUT2D eigenvalue weighted by atomic mass is 9.99. The molecular weight excluding hydrogens is 463 g/mol. The Labute approximate surface area is 185 Å². The maximum atomic E-state index is 11.7. The molecule has 2 aromatic carbocycles. The van der Waals surface area contributed by atoms with Crippen LogP contribution in [-0.2, 0) is 11.3 Å². The summed E-state index contributed by atoms with van der Waals surface area (Å²) in [6.07, 6.45) is 2.47. The van der Waals surface area contributed by atoms with Crippen molar-refractivity contribution in [2.75, 3.05) is 10.6 Å². The van der Waals surface area contributed by atoms with Gasteiger partial charge in [-0.2, -0.15) is 0 Å². The average Bonchev–Trinajstić information content (AvgIpc) is 2.67. The highest BCUT2D eigenvalue weighted by Crippen LogP contribution is 2.20. The fourth-order valence-corrected chi connectivity index (χ4v) is 2.69. The van der Waals surface area contributed by atoms with Gasteiger partial charge in [0.2, 0.25) is 5.91 Å². The summed E-state index contributed by atoms with van der Waals surface area (Å²) in [4.78, 5) is 16.1. The van der Waals surface area contributed by atoms with E-state index in [9.17, 15) is 4.79 Å². The summed E-state index contributed by atoms with van der Waals surface area (Å²) in [6, 6.07) is 15.9. The van der Waals surface area contributed by atoms with E-state index in [1.807, 2.05) is 43.3 Å². The first kappa shape index (κ1) is 23.9. The molecule has 152 valence electrons. The van der Waals surface area contributed by atoms with Crippen molar-refractivity contribution in [2.45, 2.75) is 52.5 Å². The van der Waals surface area contributed by atoms with E-state index < -0.39 is 0 Å². The Balaban J connectivity index is 0.00000392. The quantitative estimate of drug-likeness (QED) is 0.258. The molecule has 5 nitrogen and oxygen atoms in total. The minimum Gasteiger partial charge on any atom is -0.370 e. The molecule has 0 bridgehead atoms. The van der Waals surface area contributed by atoms with Gasteiger partial charge in [-0.3, -0.25) is 4.79 Å². The highest BCUT2D eigenvalue weighted by molar-refractivity contribution is 14.0. The van der Waals surface area contributed by atoms with E-state index in [0.717, 1.165) is 29.8 Å². The molecule has 4 N–H and O–H groups in total. The van der Waals surface area contributed by atoms with Gasteiger partial charge in [0.15, 0.2) is 5.96 Å². The van der Waals surface area contributed by atoms with Crippen LogP contribution in [0.4, 0.5) is 11.4 Å². The largest absolute Gasteiger partial charge is 0.370 e. The topological polar surface area (TPSA) is 79.5 Å². The molecule has 0 aliphatic rings. The number of nitrogens with zero attached hydrogens (tertiary/aromatic N) is 1. The van der Waals surface area contributed by atoms with Crippen LogP contribution in [-0.4, -0.2) is 11.9 Å². The molecule has 1 amide bonds. The second kappa shape index (κ2) is 12.4. The molecule has 6 heteroatoms. The summed E-state index contributed by atoms with van der Waals surface area (Å²) >= 11 is 0. The molecule has 2 aromatic rings. The summed E-state index contributed by atoms with van der Waals surface area (Å²) in [6.45, 7) is 6.84. The van der Waals surface area contributed by atoms with Crippen LogP contribution in [0.2, 0.25) is 0 Å². The third-order valence-corrected chi connectivity index (χ3v) is 4.48. The number of aliphatic imine (C=N–C) groups is 1. The number of amides is 1. The van der Waals surface area contributed by atoms with E-state index in [1.165, 1.54) is 5.56 Å². The van der Waals surface area contributed by atoms with Crippen LogP contribution in [0.5, 0.6) is 0 Å². The average molecular weight is 494 g/mol. The van der Waals surface area contributed by atoms with Crippen molar-refractivity contribution < 1.29 is 4.79 Å². The maximum absolute atomic E-state index is 11.7. The highest BCUT2D eigenvalue weighted by Gasteiger charge is 2.04. The van der Waals surface area contributed by atoms with Gasteiger partial charge in [0.1, 0.15) is 0 Å². The predicted molar refractivity (Wildman–Crippen MR) is 129 cm³/mol. The molecule has 0 saturated carbocycles. The van der Waals surface area contributed by atoms with Gasteiger partial charge in [-0.05, 0) is 54.2 Å². The molecule has 0 aliphatic carbocycles. The van der Waals surface area contributed by atoms with Gasteiger partial charge < -0.3 is 16.4 Å². The van der Waals surface area contributed by atoms with E-state index >= 15 is 0 Å². The number of halogens is 1. The van der Waals surface area contributed by atoms with Crippen LogP contribution in [0.25, 0.3) is 0 Å². The number of carbonyl (C=O) groups is 1. The molecule has 0 radical (unpaired) electrons. The Hall–Kier alpha value is -2.09. The number of rotatable bonds is 8. The van der Waals surface area contributed by atoms with Crippen molar-refractivity contribution in [3.8, 4) is 0 Å². The minimum absolute atomic E-state index is 0. The predicted octanol–water partition coefficient (Wildman–Crippen LogP) is 5.48. The van der Waals surface area contributed by atoms with Crippen molar-refractivity contribution in [1.29, 1.82) is 0 Å². The first-order valence-corrected chi connectivity index (χ1v) is 9.57. The second-order valence-corrected chi connectivity index (χ2v) is 6.76. The Morgan fingerprint density at radius 1 is 1.07 bits per heavy atom. The second-order valence-electron chi connectivity index (χ2n) is 6.76. The molecule has 0 aliphatic heterocycles. The zero-order valence-corrected chi connectivity index (χ0v) is 19.2. The van der Waals surface area contributed by atoms with Crippen molar-refractivity contribution in [3.05, 3.63) is 59.7 Å². The van der Waals surface area contributed by atoms with Gasteiger partial charge in [-0.15, -0.1) is 24.0 Å². The van der Waals surface area contributed by atoms with E-state index in [1.54, 1.807) is 0 Å². The van der Waals surface area contributed by atoms with E-state index in [4.69, 9.17) is 5.73 Å². The van der Waals surface area contributed by atoms with Gasteiger partial charge in [0, 0.05) is 17.8 Å². The summed E-state index contributed by atoms with van der Waals surface area (Å²) < 4.78 is 0. The fraction of sp³-hybridized carbons (Fsp3) is 0.364. The van der Waals surface area contributed by atoms with Gasteiger partial charge >= 0.3 is 0 Å². The summed E-state index contributed by atoms with van der Waals surface area (Å²) in [5.41, 5.74) is 10.0. The summed E-state index contributed by atoms with van der Waals surface area (Å²) in [7, 11) is 0. The third-order valence-electron chi connectivity index (χ3n) is 4.48. The molecule has 1 unspecified atom stereocenters. The number of nitrogens with one attached hydrogen (secondary N) is 2. The van der Waals surface area contributed by atoms with Crippen LogP contribution in [0.3, 0.4) is 0 Å². The number of benzene rings is 2. The lowest BCUT2D eigenvalue weighted by Gasteiger charge is -2.11. The SMILES string of the molecule is CCCC(=O)Nc1cccc(CN=C(N)Nc2ccc(C(C)CC)cc2)c1.I. The molecular formula is C22H31IN4O. The smallest absolute Gasteiger partial charge is 0.224 e. The Bertz CT molecular complexity index is 774. The normalized spacial score (nSPS) is 12.0. The van der Waals surface area contributed by atoms with Crippen molar-refractivity contribution in [1.82, 2.24) is 0 Å². The first-order chi connectivity index (χ1) is 13.0. The van der Waals surface area contributed by atoms with Crippen molar-refractivity contribution in [3.63, 3.8) is 0 Å². The molecule has 0 spiro atoms. The van der Waals surface area contributed by atoms with Crippen LogP contribution in [0.1, 0.15) is 57.1 Å². The number of hydrogen-bond donors (Lipinski definition) is 3. The summed E-state index contributed by atoms with van der Waals surface area (Å²) in [5, 5.41) is 6.01. The lowest BCUT2D eigenvalue weighted by Crippen LogP contribution is -2.22. The molecule has 28 heavy (non-hydrogen) atoms. The minimum atomic E-state index is 0. The highest BCUT2D eigenvalue weighted by atomic mass is 127. The van der Waals surface area contributed by atoms with Crippen LogP contribution >= 0.6 is 24.0 Å². The van der Waals surface area contributed by atoms with Gasteiger partial charge in [-0.1, -0.05) is 45.0 Å². The number of carbonyl (C=O) groups excluding carboxylic acids is 1. The zero-order chi connectivity index (χ0) is 19.6. The van der Waals surface area contributed by atoms with E-state index in [-0.39, 0.29) is 29.9 Å². The lowest BCUT2D eigenvalue weighted by molar-refractivity contribution is -0.116. The van der Waals surface area contributed by atoms with Crippen LogP contribution < -0.4 is 16.4 Å². The van der Waals surface area contributed by atoms with Gasteiger partial charge in [-0.25, -0.2) is 4.99 Å². The van der Waals surface area contributed by atoms with E-state index in [2.05, 4.69) is 41.6 Å². The van der Waals surface area contributed by atoms with E-state index in [0.29, 0.717) is 24.8 Å². The molecule has 2 rings (SSSR count). The number of guanidine groups is 1. The number of anilines is 2. The maximum Gasteiger partial charge on any atom is 0.224 e. The number of nitrogens with two attached hydrogens (primary N) is 1. The van der Waals surface area contributed by atoms with Crippen LogP contribution in [0, 0.1) is 0 Å². The Morgan fingerprint density at radius 2 is 1.79 bits per heavy atom. The Kier molecular flexibility index (Phi) is 10.6. The molecule has 0 heterocycles. The third kappa shape index (κ3) is 7.88. The standard InChI is InChI=1S/C22H30N4O.HI/c1-4-7-21(27)25-20-9-6-8-17(14-20)15-24-22(23)26-19-12-10-18(11-13-19)16(3)5-2;/h6,8-14,16H,4-5,7,15H2,1-3H3,(H,25,27)(H3,23,24,26);1H.